The first-order valence-electron chi connectivity index (χ1n) is 12.4. The summed E-state index contributed by atoms with van der Waals surface area (Å²) in [5, 5.41) is 2.55. The lowest BCUT2D eigenvalue weighted by Gasteiger charge is -2.36. The summed E-state index contributed by atoms with van der Waals surface area (Å²) < 4.78 is 5.88. The first-order valence-corrected chi connectivity index (χ1v) is 12.4. The lowest BCUT2D eigenvalue weighted by Crippen LogP contribution is -2.47. The van der Waals surface area contributed by atoms with Crippen molar-refractivity contribution in [2.75, 3.05) is 49.5 Å². The molecule has 0 aliphatic carbocycles. The van der Waals surface area contributed by atoms with Gasteiger partial charge in [-0.15, -0.1) is 0 Å². The van der Waals surface area contributed by atoms with Crippen LogP contribution in [0.15, 0.2) is 66.7 Å². The number of hydrogen-bond acceptors (Lipinski definition) is 5. The van der Waals surface area contributed by atoms with Gasteiger partial charge in [-0.2, -0.15) is 0 Å². The SMILES string of the molecule is CCc1ccc(-c2nc3c(N4CCN(CCOc5ccc(NC(N)=O)cc5)CC4)cccc3[nH]2)cc1. The van der Waals surface area contributed by atoms with E-state index in [2.05, 4.69) is 69.5 Å². The highest BCUT2D eigenvalue weighted by Gasteiger charge is 2.20. The normalized spacial score (nSPS) is 14.2. The molecule has 0 spiro atoms. The smallest absolute Gasteiger partial charge is 0.316 e. The highest BCUT2D eigenvalue weighted by molar-refractivity contribution is 5.91. The monoisotopic (exact) mass is 484 g/mol. The molecule has 5 rings (SSSR count). The number of hydrogen-bond donors (Lipinski definition) is 3. The van der Waals surface area contributed by atoms with Crippen LogP contribution in [0.1, 0.15) is 12.5 Å². The van der Waals surface area contributed by atoms with Gasteiger partial charge in [0.1, 0.15) is 23.7 Å². The summed E-state index contributed by atoms with van der Waals surface area (Å²) in [7, 11) is 0. The molecule has 0 radical (unpaired) electrons. The third-order valence-corrected chi connectivity index (χ3v) is 6.64. The van der Waals surface area contributed by atoms with Gasteiger partial charge < -0.3 is 25.7 Å². The van der Waals surface area contributed by atoms with Crippen molar-refractivity contribution in [3.05, 3.63) is 72.3 Å². The summed E-state index contributed by atoms with van der Waals surface area (Å²) >= 11 is 0. The number of imidazole rings is 1. The van der Waals surface area contributed by atoms with Crippen molar-refractivity contribution >= 4 is 28.4 Å². The van der Waals surface area contributed by atoms with E-state index in [-0.39, 0.29) is 0 Å². The van der Waals surface area contributed by atoms with Gasteiger partial charge in [0.25, 0.3) is 0 Å². The minimum atomic E-state index is -0.575. The van der Waals surface area contributed by atoms with Crippen LogP contribution in [-0.4, -0.2) is 60.2 Å². The van der Waals surface area contributed by atoms with Crippen molar-refractivity contribution in [1.29, 1.82) is 0 Å². The number of ether oxygens (including phenoxy) is 1. The Hall–Kier alpha value is -4.04. The number of nitrogens with two attached hydrogens (primary N) is 1. The predicted octanol–water partition coefficient (Wildman–Crippen LogP) is 4.48. The second-order valence-electron chi connectivity index (χ2n) is 9.00. The molecule has 2 heterocycles. The third kappa shape index (κ3) is 5.44. The molecule has 1 aliphatic heterocycles. The Bertz CT molecular complexity index is 1310. The lowest BCUT2D eigenvalue weighted by atomic mass is 10.1. The molecule has 8 nitrogen and oxygen atoms in total. The zero-order valence-corrected chi connectivity index (χ0v) is 20.5. The molecule has 4 N–H and O–H groups in total. The summed E-state index contributed by atoms with van der Waals surface area (Å²) in [5.74, 6) is 1.68. The Morgan fingerprint density at radius 3 is 2.47 bits per heavy atom. The molecule has 1 aliphatic rings. The molecule has 4 aromatic rings. The van der Waals surface area contributed by atoms with Gasteiger partial charge in [0.05, 0.1) is 11.2 Å². The van der Waals surface area contributed by atoms with Crippen molar-refractivity contribution in [1.82, 2.24) is 14.9 Å². The molecule has 0 saturated carbocycles. The van der Waals surface area contributed by atoms with Crippen molar-refractivity contribution in [3.8, 4) is 17.1 Å². The van der Waals surface area contributed by atoms with Gasteiger partial charge in [-0.05, 0) is 48.4 Å². The number of nitrogens with zero attached hydrogens (tertiary/aromatic N) is 3. The second-order valence-corrected chi connectivity index (χ2v) is 9.00. The van der Waals surface area contributed by atoms with E-state index in [1.165, 1.54) is 11.3 Å². The maximum absolute atomic E-state index is 10.9. The maximum atomic E-state index is 10.9. The number of aromatic amines is 1. The number of aromatic nitrogens is 2. The molecular formula is C28H32N6O2. The first kappa shape index (κ1) is 23.7. The van der Waals surface area contributed by atoms with Gasteiger partial charge in [-0.25, -0.2) is 9.78 Å². The number of H-pyrrole nitrogens is 1. The summed E-state index contributed by atoms with van der Waals surface area (Å²) in [4.78, 5) is 24.3. The molecule has 8 heteroatoms. The average Bonchev–Trinajstić information content (AvgIpc) is 3.35. The lowest BCUT2D eigenvalue weighted by molar-refractivity contribution is 0.200. The Labute approximate surface area is 211 Å². The van der Waals surface area contributed by atoms with Crippen LogP contribution in [0.25, 0.3) is 22.4 Å². The Morgan fingerprint density at radius 2 is 1.78 bits per heavy atom. The van der Waals surface area contributed by atoms with Crippen LogP contribution in [0.5, 0.6) is 5.75 Å². The third-order valence-electron chi connectivity index (χ3n) is 6.64. The summed E-state index contributed by atoms with van der Waals surface area (Å²) in [6.45, 7) is 7.46. The number of piperazine rings is 1. The molecular weight excluding hydrogens is 452 g/mol. The number of anilines is 2. The van der Waals surface area contributed by atoms with Crippen LogP contribution in [0, 0.1) is 0 Å². The molecule has 1 fully saturated rings. The Kier molecular flexibility index (Phi) is 7.04. The quantitative estimate of drug-likeness (QED) is 0.342. The molecule has 0 unspecified atom stereocenters. The predicted molar refractivity (Wildman–Crippen MR) is 145 cm³/mol. The number of fused-ring (bicyclic) bond motifs is 1. The summed E-state index contributed by atoms with van der Waals surface area (Å²) in [6, 6.07) is 21.6. The van der Waals surface area contributed by atoms with E-state index in [4.69, 9.17) is 15.5 Å². The number of benzene rings is 3. The largest absolute Gasteiger partial charge is 0.492 e. The average molecular weight is 485 g/mol. The fourth-order valence-electron chi connectivity index (χ4n) is 4.59. The number of para-hydroxylation sites is 1. The molecule has 186 valence electrons. The van der Waals surface area contributed by atoms with E-state index in [0.29, 0.717) is 12.3 Å². The zero-order valence-electron chi connectivity index (χ0n) is 20.5. The molecule has 0 bridgehead atoms. The fraction of sp³-hybridized carbons (Fsp3) is 0.286. The fourth-order valence-corrected chi connectivity index (χ4v) is 4.59. The number of primary amides is 1. The summed E-state index contributed by atoms with van der Waals surface area (Å²) in [5.41, 5.74) is 11.5. The molecule has 0 atom stereocenters. The Balaban J connectivity index is 1.16. The van der Waals surface area contributed by atoms with E-state index < -0.39 is 6.03 Å². The van der Waals surface area contributed by atoms with Gasteiger partial charge in [0.15, 0.2) is 0 Å². The molecule has 1 saturated heterocycles. The van der Waals surface area contributed by atoms with E-state index in [9.17, 15) is 4.79 Å². The van der Waals surface area contributed by atoms with Crippen LogP contribution in [-0.2, 0) is 6.42 Å². The number of carbonyl (C=O) groups is 1. The number of urea groups is 1. The van der Waals surface area contributed by atoms with Crippen molar-refractivity contribution in [3.63, 3.8) is 0 Å². The molecule has 1 aromatic heterocycles. The molecule has 36 heavy (non-hydrogen) atoms. The minimum Gasteiger partial charge on any atom is -0.492 e. The number of amides is 2. The van der Waals surface area contributed by atoms with E-state index in [1.54, 1.807) is 12.1 Å². The first-order chi connectivity index (χ1) is 17.6. The maximum Gasteiger partial charge on any atom is 0.316 e. The van der Waals surface area contributed by atoms with Crippen LogP contribution in [0.3, 0.4) is 0 Å². The molecule has 3 aromatic carbocycles. The zero-order chi connectivity index (χ0) is 24.9. The highest BCUT2D eigenvalue weighted by Crippen LogP contribution is 2.29. The number of aryl methyl sites for hydroxylation is 1. The van der Waals surface area contributed by atoms with Gasteiger partial charge in [-0.1, -0.05) is 37.3 Å². The van der Waals surface area contributed by atoms with Gasteiger partial charge >= 0.3 is 6.03 Å². The Morgan fingerprint density at radius 1 is 1.03 bits per heavy atom. The standard InChI is InChI=1S/C28H32N6O2/c1-2-20-6-8-21(9-7-20)27-31-24-4-3-5-25(26(24)32-27)34-16-14-33(15-17-34)18-19-36-23-12-10-22(11-13-23)30-28(29)35/h3-13H,2,14-19H2,1H3,(H,31,32)(H3,29,30,35). The molecule has 2 amide bonds. The topological polar surface area (TPSA) is 99.5 Å². The number of nitrogens with one attached hydrogen (secondary N) is 2. The van der Waals surface area contributed by atoms with Crippen molar-refractivity contribution in [2.24, 2.45) is 5.73 Å². The van der Waals surface area contributed by atoms with Crippen LogP contribution >= 0.6 is 0 Å². The van der Waals surface area contributed by atoms with E-state index in [1.807, 2.05) is 12.1 Å². The van der Waals surface area contributed by atoms with Gasteiger partial charge in [0, 0.05) is 44.0 Å². The van der Waals surface area contributed by atoms with Crippen molar-refractivity contribution < 1.29 is 9.53 Å². The number of carbonyl (C=O) groups excluding carboxylic acids is 1. The second kappa shape index (κ2) is 10.7. The highest BCUT2D eigenvalue weighted by atomic mass is 16.5. The van der Waals surface area contributed by atoms with Crippen LogP contribution in [0.4, 0.5) is 16.2 Å². The van der Waals surface area contributed by atoms with Crippen LogP contribution in [0.2, 0.25) is 0 Å². The van der Waals surface area contributed by atoms with E-state index >= 15 is 0 Å². The van der Waals surface area contributed by atoms with Gasteiger partial charge in [0.2, 0.25) is 0 Å². The van der Waals surface area contributed by atoms with Gasteiger partial charge in [-0.3, -0.25) is 4.90 Å². The van der Waals surface area contributed by atoms with Crippen LogP contribution < -0.4 is 20.7 Å². The minimum absolute atomic E-state index is 0.575. The van der Waals surface area contributed by atoms with E-state index in [0.717, 1.165) is 67.3 Å². The van der Waals surface area contributed by atoms with Crippen molar-refractivity contribution in [2.45, 2.75) is 13.3 Å². The summed E-state index contributed by atoms with van der Waals surface area (Å²) in [6.07, 6.45) is 1.03. The number of rotatable bonds is 8.